The molecule has 2 rings (SSSR count). The molecule has 0 saturated heterocycles. The predicted molar refractivity (Wildman–Crippen MR) is 90.3 cm³/mol. The summed E-state index contributed by atoms with van der Waals surface area (Å²) in [5, 5.41) is 2.25. The summed E-state index contributed by atoms with van der Waals surface area (Å²) in [6, 6.07) is 9.19. The zero-order valence-electron chi connectivity index (χ0n) is 14.2. The zero-order valence-corrected chi connectivity index (χ0v) is 14.2. The van der Waals surface area contributed by atoms with Gasteiger partial charge in [-0.3, -0.25) is 4.79 Å². The predicted octanol–water partition coefficient (Wildman–Crippen LogP) is 4.80. The van der Waals surface area contributed by atoms with Crippen molar-refractivity contribution in [2.24, 2.45) is 0 Å². The minimum Gasteiger partial charge on any atom is -0.481 e. The van der Waals surface area contributed by atoms with Crippen LogP contribution in [0.3, 0.4) is 0 Å². The molecule has 0 spiro atoms. The van der Waals surface area contributed by atoms with Crippen LogP contribution in [0.25, 0.3) is 0 Å². The molecule has 0 heterocycles. The lowest BCUT2D eigenvalue weighted by molar-refractivity contribution is -0.122. The second kappa shape index (κ2) is 7.43. The topological polar surface area (TPSA) is 38.3 Å². The molecule has 2 aromatic rings. The van der Waals surface area contributed by atoms with Crippen LogP contribution in [-0.2, 0) is 4.79 Å². The van der Waals surface area contributed by atoms with Crippen molar-refractivity contribution in [3.63, 3.8) is 0 Å². The number of aryl methyl sites for hydroxylation is 1. The van der Waals surface area contributed by atoms with E-state index in [0.29, 0.717) is 5.75 Å². The van der Waals surface area contributed by atoms with Gasteiger partial charge < -0.3 is 10.1 Å². The normalized spacial score (nSPS) is 12.1. The van der Waals surface area contributed by atoms with Gasteiger partial charge in [0.1, 0.15) is 23.1 Å². The van der Waals surface area contributed by atoms with E-state index >= 15 is 0 Å². The lowest BCUT2D eigenvalue weighted by Gasteiger charge is -2.19. The number of halogens is 2. The molecule has 0 aliphatic rings. The van der Waals surface area contributed by atoms with Crippen LogP contribution in [0.4, 0.5) is 14.5 Å². The minimum absolute atomic E-state index is 0.222. The molecule has 0 saturated carbocycles. The third-order valence-corrected chi connectivity index (χ3v) is 3.68. The lowest BCUT2D eigenvalue weighted by Crippen LogP contribution is -2.31. The van der Waals surface area contributed by atoms with E-state index in [0.717, 1.165) is 23.3 Å². The Hall–Kier alpha value is -2.43. The van der Waals surface area contributed by atoms with Crippen LogP contribution < -0.4 is 10.1 Å². The Morgan fingerprint density at radius 1 is 1.08 bits per heavy atom. The number of ether oxygens (including phenoxy) is 1. The van der Waals surface area contributed by atoms with Crippen molar-refractivity contribution in [1.82, 2.24) is 0 Å². The quantitative estimate of drug-likeness (QED) is 0.853. The Kier molecular flexibility index (Phi) is 5.54. The van der Waals surface area contributed by atoms with Crippen LogP contribution >= 0.6 is 0 Å². The van der Waals surface area contributed by atoms with Gasteiger partial charge in [0.25, 0.3) is 5.91 Å². The van der Waals surface area contributed by atoms with Crippen molar-refractivity contribution in [3.05, 3.63) is 59.2 Å². The number of rotatable bonds is 5. The molecule has 1 N–H and O–H groups in total. The maximum absolute atomic E-state index is 13.6. The molecule has 2 aromatic carbocycles. The molecule has 0 bridgehead atoms. The van der Waals surface area contributed by atoms with Crippen molar-refractivity contribution >= 4 is 11.6 Å². The number of hydrogen-bond acceptors (Lipinski definition) is 2. The molecule has 0 aliphatic carbocycles. The summed E-state index contributed by atoms with van der Waals surface area (Å²) >= 11 is 0. The van der Waals surface area contributed by atoms with Gasteiger partial charge in [0.15, 0.2) is 6.10 Å². The number of carbonyl (C=O) groups is 1. The fourth-order valence-corrected chi connectivity index (χ4v) is 2.31. The zero-order chi connectivity index (χ0) is 17.9. The molecule has 0 fully saturated rings. The van der Waals surface area contributed by atoms with Gasteiger partial charge in [-0.15, -0.1) is 0 Å². The number of para-hydroxylation sites is 1. The van der Waals surface area contributed by atoms with Gasteiger partial charge >= 0.3 is 0 Å². The molecule has 1 amide bonds. The number of nitrogens with one attached hydrogen (secondary N) is 1. The monoisotopic (exact) mass is 333 g/mol. The lowest BCUT2D eigenvalue weighted by atomic mass is 10.0. The fourth-order valence-electron chi connectivity index (χ4n) is 2.31. The molecule has 24 heavy (non-hydrogen) atoms. The number of benzene rings is 2. The highest BCUT2D eigenvalue weighted by molar-refractivity contribution is 5.94. The summed E-state index contributed by atoms with van der Waals surface area (Å²) in [7, 11) is 0. The van der Waals surface area contributed by atoms with E-state index in [2.05, 4.69) is 5.32 Å². The summed E-state index contributed by atoms with van der Waals surface area (Å²) in [5.41, 5.74) is 1.51. The van der Waals surface area contributed by atoms with Crippen molar-refractivity contribution in [1.29, 1.82) is 0 Å². The van der Waals surface area contributed by atoms with Gasteiger partial charge in [0.2, 0.25) is 0 Å². The first-order chi connectivity index (χ1) is 11.3. The first-order valence-corrected chi connectivity index (χ1v) is 7.81. The molecular weight excluding hydrogens is 312 g/mol. The van der Waals surface area contributed by atoms with E-state index < -0.39 is 29.3 Å². The van der Waals surface area contributed by atoms with Gasteiger partial charge in [-0.1, -0.05) is 32.0 Å². The molecule has 5 heteroatoms. The molecule has 1 unspecified atom stereocenters. The second-order valence-corrected chi connectivity index (χ2v) is 6.04. The minimum atomic E-state index is -0.900. The molecule has 128 valence electrons. The third-order valence-electron chi connectivity index (χ3n) is 3.68. The van der Waals surface area contributed by atoms with E-state index in [4.69, 9.17) is 4.74 Å². The van der Waals surface area contributed by atoms with Crippen LogP contribution in [0.5, 0.6) is 5.75 Å². The summed E-state index contributed by atoms with van der Waals surface area (Å²) < 4.78 is 33.0. The van der Waals surface area contributed by atoms with Crippen molar-refractivity contribution in [3.8, 4) is 5.75 Å². The molecule has 0 radical (unpaired) electrons. The van der Waals surface area contributed by atoms with Gasteiger partial charge in [0.05, 0.1) is 0 Å². The van der Waals surface area contributed by atoms with E-state index in [9.17, 15) is 13.6 Å². The number of anilines is 1. The Labute approximate surface area is 140 Å². The highest BCUT2D eigenvalue weighted by Gasteiger charge is 2.20. The highest BCUT2D eigenvalue weighted by Crippen LogP contribution is 2.28. The van der Waals surface area contributed by atoms with Crippen LogP contribution in [0.2, 0.25) is 0 Å². The second-order valence-electron chi connectivity index (χ2n) is 6.04. The fraction of sp³-hybridized carbons (Fsp3) is 0.316. The van der Waals surface area contributed by atoms with Crippen LogP contribution in [-0.4, -0.2) is 12.0 Å². The Morgan fingerprint density at radius 3 is 2.29 bits per heavy atom. The van der Waals surface area contributed by atoms with E-state index in [1.807, 2.05) is 39.0 Å². The molecule has 0 aromatic heterocycles. The summed E-state index contributed by atoms with van der Waals surface area (Å²) in [4.78, 5) is 12.2. The number of hydrogen-bond donors (Lipinski definition) is 1. The number of amides is 1. The van der Waals surface area contributed by atoms with Gasteiger partial charge in [-0.05, 0) is 49.1 Å². The Bertz CT molecular complexity index is 724. The van der Waals surface area contributed by atoms with Crippen molar-refractivity contribution in [2.75, 3.05) is 5.32 Å². The standard InChI is InChI=1S/C19H21F2NO2/c1-11(2)14-9-8-12(3)10-17(14)24-13(4)19(23)22-18-15(20)6-5-7-16(18)21/h5-11,13H,1-4H3,(H,22,23). The summed E-state index contributed by atoms with van der Waals surface area (Å²) in [6.45, 7) is 7.52. The van der Waals surface area contributed by atoms with Crippen molar-refractivity contribution in [2.45, 2.75) is 39.7 Å². The van der Waals surface area contributed by atoms with Crippen LogP contribution in [0, 0.1) is 18.6 Å². The van der Waals surface area contributed by atoms with E-state index in [1.54, 1.807) is 6.92 Å². The molecule has 1 atom stereocenters. The Morgan fingerprint density at radius 2 is 1.71 bits per heavy atom. The first-order valence-electron chi connectivity index (χ1n) is 7.81. The maximum atomic E-state index is 13.6. The average molecular weight is 333 g/mol. The van der Waals surface area contributed by atoms with Gasteiger partial charge in [-0.25, -0.2) is 8.78 Å². The van der Waals surface area contributed by atoms with Crippen LogP contribution in [0.1, 0.15) is 37.8 Å². The van der Waals surface area contributed by atoms with Gasteiger partial charge in [0, 0.05) is 0 Å². The van der Waals surface area contributed by atoms with Crippen molar-refractivity contribution < 1.29 is 18.3 Å². The largest absolute Gasteiger partial charge is 0.481 e. The highest BCUT2D eigenvalue weighted by atomic mass is 19.1. The average Bonchev–Trinajstić information content (AvgIpc) is 2.50. The molecule has 3 nitrogen and oxygen atoms in total. The molecular formula is C19H21F2NO2. The molecule has 0 aliphatic heterocycles. The SMILES string of the molecule is Cc1ccc(C(C)C)c(OC(C)C(=O)Nc2c(F)cccc2F)c1. The summed E-state index contributed by atoms with van der Waals surface area (Å²) in [6.07, 6.45) is -0.900. The maximum Gasteiger partial charge on any atom is 0.265 e. The van der Waals surface area contributed by atoms with E-state index in [1.165, 1.54) is 6.07 Å². The smallest absolute Gasteiger partial charge is 0.265 e. The van der Waals surface area contributed by atoms with Gasteiger partial charge in [-0.2, -0.15) is 0 Å². The first kappa shape index (κ1) is 17.9. The third kappa shape index (κ3) is 4.10. The van der Waals surface area contributed by atoms with Crippen LogP contribution in [0.15, 0.2) is 36.4 Å². The van der Waals surface area contributed by atoms with E-state index in [-0.39, 0.29) is 5.92 Å². The number of carbonyl (C=O) groups excluding carboxylic acids is 1. The Balaban J connectivity index is 2.17. The summed E-state index contributed by atoms with van der Waals surface area (Å²) in [5.74, 6) is -1.44.